The lowest BCUT2D eigenvalue weighted by molar-refractivity contribution is -0.116. The molecule has 0 aromatic heterocycles. The number of piperazine rings is 1. The van der Waals surface area contributed by atoms with Gasteiger partial charge in [0.25, 0.3) is 0 Å². The molecule has 1 N–H and O–H groups in total. The van der Waals surface area contributed by atoms with Crippen molar-refractivity contribution in [3.05, 3.63) is 6.92 Å². The number of Topliss-reactive ketones (excluding diaryl/α,β-unsaturated/α-hetero) is 1. The molecule has 0 amide bonds. The lowest BCUT2D eigenvalue weighted by Crippen LogP contribution is -2.51. The summed E-state index contributed by atoms with van der Waals surface area (Å²) in [5.74, 6) is -0.267. The van der Waals surface area contributed by atoms with Crippen molar-refractivity contribution in [3.8, 4) is 0 Å². The number of aliphatic hydroxyl groups excluding tert-OH is 1. The zero-order chi connectivity index (χ0) is 10.1. The van der Waals surface area contributed by atoms with Crippen molar-refractivity contribution in [2.45, 2.75) is 18.6 Å². The SMILES string of the molecule is [CH]C(=O)CN1CCN2C[C@@H](O)C[C@H]2C1. The summed E-state index contributed by atoms with van der Waals surface area (Å²) in [7, 11) is 0. The fourth-order valence-corrected chi connectivity index (χ4v) is 2.44. The first-order valence-corrected chi connectivity index (χ1v) is 5.08. The number of hydrogen-bond acceptors (Lipinski definition) is 4. The molecule has 2 atom stereocenters. The Morgan fingerprint density at radius 1 is 1.43 bits per heavy atom. The molecule has 0 bridgehead atoms. The van der Waals surface area contributed by atoms with Gasteiger partial charge in [0.1, 0.15) is 0 Å². The molecule has 78 valence electrons. The van der Waals surface area contributed by atoms with Crippen LogP contribution in [0.4, 0.5) is 0 Å². The summed E-state index contributed by atoms with van der Waals surface area (Å²) in [6.07, 6.45) is 0.642. The zero-order valence-corrected chi connectivity index (χ0v) is 8.22. The van der Waals surface area contributed by atoms with Crippen LogP contribution in [0.3, 0.4) is 0 Å². The molecule has 0 unspecified atom stereocenters. The van der Waals surface area contributed by atoms with Crippen LogP contribution >= 0.6 is 0 Å². The molecule has 2 aliphatic heterocycles. The smallest absolute Gasteiger partial charge is 0.151 e. The monoisotopic (exact) mass is 196 g/mol. The van der Waals surface area contributed by atoms with E-state index in [1.165, 1.54) is 0 Å². The van der Waals surface area contributed by atoms with Crippen LogP contribution in [0, 0.1) is 6.92 Å². The highest BCUT2D eigenvalue weighted by Gasteiger charge is 2.35. The normalized spacial score (nSPS) is 34.4. The Labute approximate surface area is 84.5 Å². The summed E-state index contributed by atoms with van der Waals surface area (Å²) in [6, 6.07) is 0.415. The molecular formula is C10H16N2O2. The third-order valence-corrected chi connectivity index (χ3v) is 3.06. The van der Waals surface area contributed by atoms with Crippen molar-refractivity contribution in [2.75, 3.05) is 32.7 Å². The van der Waals surface area contributed by atoms with Gasteiger partial charge < -0.3 is 5.11 Å². The zero-order valence-electron chi connectivity index (χ0n) is 8.22. The standard InChI is InChI=1S/C10H16N2O2/c1-8(13)5-11-2-3-12-7-10(14)4-9(12)6-11/h1,9-10,14H,2-7H2/t9-,10-/m0/s1. The number of rotatable bonds is 2. The number of carbonyl (C=O) groups excluding carboxylic acids is 1. The summed E-state index contributed by atoms with van der Waals surface area (Å²) in [6.45, 7) is 8.96. The molecule has 14 heavy (non-hydrogen) atoms. The molecule has 4 heteroatoms. The van der Waals surface area contributed by atoms with E-state index in [2.05, 4.69) is 9.80 Å². The largest absolute Gasteiger partial charge is 0.392 e. The molecule has 0 aromatic rings. The Balaban J connectivity index is 1.88. The van der Waals surface area contributed by atoms with E-state index >= 15 is 0 Å². The summed E-state index contributed by atoms with van der Waals surface area (Å²) < 4.78 is 0. The van der Waals surface area contributed by atoms with E-state index in [0.29, 0.717) is 12.6 Å². The fourth-order valence-electron chi connectivity index (χ4n) is 2.44. The molecule has 2 radical (unpaired) electrons. The minimum Gasteiger partial charge on any atom is -0.392 e. The molecule has 2 fully saturated rings. The van der Waals surface area contributed by atoms with Gasteiger partial charge in [0.2, 0.25) is 0 Å². The maximum absolute atomic E-state index is 10.7. The van der Waals surface area contributed by atoms with Gasteiger partial charge in [0.15, 0.2) is 5.78 Å². The number of nitrogens with zero attached hydrogens (tertiary/aromatic N) is 2. The summed E-state index contributed by atoms with van der Waals surface area (Å²) >= 11 is 0. The number of ketones is 1. The summed E-state index contributed by atoms with van der Waals surface area (Å²) in [5.41, 5.74) is 0. The number of fused-ring (bicyclic) bond motifs is 1. The highest BCUT2D eigenvalue weighted by molar-refractivity contribution is 5.84. The van der Waals surface area contributed by atoms with Crippen molar-refractivity contribution in [1.29, 1.82) is 0 Å². The number of aliphatic hydroxyl groups is 1. The predicted molar refractivity (Wildman–Crippen MR) is 51.7 cm³/mol. The predicted octanol–water partition coefficient (Wildman–Crippen LogP) is -0.983. The third-order valence-electron chi connectivity index (χ3n) is 3.06. The van der Waals surface area contributed by atoms with Gasteiger partial charge in [-0.2, -0.15) is 0 Å². The van der Waals surface area contributed by atoms with Gasteiger partial charge in [0.05, 0.1) is 12.6 Å². The molecule has 4 nitrogen and oxygen atoms in total. The quantitative estimate of drug-likeness (QED) is 0.616. The molecule has 2 rings (SSSR count). The fraction of sp³-hybridized carbons (Fsp3) is 0.800. The van der Waals surface area contributed by atoms with E-state index in [4.69, 9.17) is 6.92 Å². The van der Waals surface area contributed by atoms with E-state index < -0.39 is 0 Å². The van der Waals surface area contributed by atoms with Gasteiger partial charge in [-0.15, -0.1) is 0 Å². The van der Waals surface area contributed by atoms with E-state index in [9.17, 15) is 9.90 Å². The molecule has 2 aliphatic rings. The van der Waals surface area contributed by atoms with Crippen LogP contribution in [0.1, 0.15) is 6.42 Å². The van der Waals surface area contributed by atoms with Crippen molar-refractivity contribution >= 4 is 5.78 Å². The van der Waals surface area contributed by atoms with E-state index in [1.54, 1.807) is 0 Å². The number of hydrogen-bond donors (Lipinski definition) is 1. The lowest BCUT2D eigenvalue weighted by atomic mass is 10.1. The Hall–Kier alpha value is -0.450. The second-order valence-electron chi connectivity index (χ2n) is 4.24. The highest BCUT2D eigenvalue weighted by Crippen LogP contribution is 2.21. The van der Waals surface area contributed by atoms with Gasteiger partial charge >= 0.3 is 0 Å². The van der Waals surface area contributed by atoms with Crippen LogP contribution in [0.15, 0.2) is 0 Å². The molecular weight excluding hydrogens is 180 g/mol. The second-order valence-corrected chi connectivity index (χ2v) is 4.24. The minimum atomic E-state index is -0.267. The Morgan fingerprint density at radius 2 is 2.21 bits per heavy atom. The third kappa shape index (κ3) is 2.13. The van der Waals surface area contributed by atoms with E-state index in [-0.39, 0.29) is 11.9 Å². The van der Waals surface area contributed by atoms with Crippen LogP contribution in [-0.2, 0) is 4.79 Å². The first-order chi connectivity index (χ1) is 6.65. The molecule has 0 aliphatic carbocycles. The molecule has 2 saturated heterocycles. The van der Waals surface area contributed by atoms with Gasteiger partial charge in [-0.3, -0.25) is 14.6 Å². The highest BCUT2D eigenvalue weighted by atomic mass is 16.3. The Kier molecular flexibility index (Phi) is 2.85. The maximum Gasteiger partial charge on any atom is 0.151 e. The number of carbonyl (C=O) groups is 1. The van der Waals surface area contributed by atoms with E-state index in [0.717, 1.165) is 32.6 Å². The van der Waals surface area contributed by atoms with Crippen LogP contribution in [0.5, 0.6) is 0 Å². The Bertz CT molecular complexity index is 232. The molecule has 0 spiro atoms. The van der Waals surface area contributed by atoms with Crippen LogP contribution < -0.4 is 0 Å². The second kappa shape index (κ2) is 3.96. The molecule has 0 saturated carbocycles. The molecule has 0 aromatic carbocycles. The van der Waals surface area contributed by atoms with Crippen LogP contribution in [0.2, 0.25) is 0 Å². The molecule has 2 heterocycles. The van der Waals surface area contributed by atoms with Crippen LogP contribution in [0.25, 0.3) is 0 Å². The van der Waals surface area contributed by atoms with Crippen LogP contribution in [-0.4, -0.2) is 65.6 Å². The van der Waals surface area contributed by atoms with Gasteiger partial charge in [-0.1, -0.05) is 0 Å². The minimum absolute atomic E-state index is 0.187. The average molecular weight is 196 g/mol. The van der Waals surface area contributed by atoms with Crippen molar-refractivity contribution in [1.82, 2.24) is 9.80 Å². The summed E-state index contributed by atoms with van der Waals surface area (Å²) in [5, 5.41) is 9.48. The van der Waals surface area contributed by atoms with Gasteiger partial charge in [0, 0.05) is 39.1 Å². The van der Waals surface area contributed by atoms with E-state index in [1.807, 2.05) is 0 Å². The van der Waals surface area contributed by atoms with Crippen molar-refractivity contribution < 1.29 is 9.90 Å². The van der Waals surface area contributed by atoms with Crippen molar-refractivity contribution in [3.63, 3.8) is 0 Å². The topological polar surface area (TPSA) is 43.8 Å². The first kappa shape index (κ1) is 10.1. The lowest BCUT2D eigenvalue weighted by Gasteiger charge is -2.36. The van der Waals surface area contributed by atoms with Gasteiger partial charge in [-0.05, 0) is 6.42 Å². The summed E-state index contributed by atoms with van der Waals surface area (Å²) in [4.78, 5) is 15.1. The van der Waals surface area contributed by atoms with Gasteiger partial charge in [-0.25, -0.2) is 0 Å². The van der Waals surface area contributed by atoms with Crippen molar-refractivity contribution in [2.24, 2.45) is 0 Å². The maximum atomic E-state index is 10.7. The first-order valence-electron chi connectivity index (χ1n) is 5.08. The Morgan fingerprint density at radius 3 is 2.93 bits per heavy atom. The average Bonchev–Trinajstić information content (AvgIpc) is 2.42.